The van der Waals surface area contributed by atoms with Gasteiger partial charge >= 0.3 is 0 Å². The zero-order valence-corrected chi connectivity index (χ0v) is 21.3. The highest BCUT2D eigenvalue weighted by Crippen LogP contribution is 2.51. The molecule has 3 aromatic rings. The van der Waals surface area contributed by atoms with Gasteiger partial charge in [-0.1, -0.05) is 18.2 Å². The van der Waals surface area contributed by atoms with Crippen LogP contribution in [0.15, 0.2) is 47.5 Å². The second-order valence-electron chi connectivity index (χ2n) is 9.91. The molecule has 5 N–H and O–H groups in total. The van der Waals surface area contributed by atoms with Crippen LogP contribution in [0, 0.1) is 12.7 Å². The summed E-state index contributed by atoms with van der Waals surface area (Å²) in [4.78, 5) is 30.1. The third-order valence-corrected chi connectivity index (χ3v) is 7.21. The molecule has 1 amide bonds. The summed E-state index contributed by atoms with van der Waals surface area (Å²) >= 11 is 0. The van der Waals surface area contributed by atoms with Crippen LogP contribution in [-0.4, -0.2) is 46.9 Å². The Morgan fingerprint density at radius 2 is 2.05 bits per heavy atom. The number of anilines is 1. The van der Waals surface area contributed by atoms with Crippen molar-refractivity contribution >= 4 is 11.7 Å². The normalized spacial score (nSPS) is 15.8. The van der Waals surface area contributed by atoms with E-state index < -0.39 is 22.8 Å². The van der Waals surface area contributed by atoms with Crippen LogP contribution < -0.4 is 26.7 Å². The minimum Gasteiger partial charge on any atom is -0.492 e. The number of ether oxygens (including phenoxy) is 1. The molecule has 2 saturated carbocycles. The maximum absolute atomic E-state index is 15.4. The second kappa shape index (κ2) is 10.5. The van der Waals surface area contributed by atoms with Gasteiger partial charge in [-0.2, -0.15) is 0 Å². The van der Waals surface area contributed by atoms with Crippen molar-refractivity contribution in [2.75, 3.05) is 31.6 Å². The number of rotatable bonds is 12. The molecule has 2 aliphatic carbocycles. The van der Waals surface area contributed by atoms with Crippen LogP contribution in [0.5, 0.6) is 5.75 Å². The van der Waals surface area contributed by atoms with Gasteiger partial charge in [-0.05, 0) is 50.7 Å². The van der Waals surface area contributed by atoms with Gasteiger partial charge < -0.3 is 26.2 Å². The van der Waals surface area contributed by atoms with Gasteiger partial charge in [0.05, 0.1) is 17.8 Å². The first-order valence-corrected chi connectivity index (χ1v) is 12.9. The summed E-state index contributed by atoms with van der Waals surface area (Å²) in [5, 5.41) is 15.3. The monoisotopic (exact) mass is 521 g/mol. The van der Waals surface area contributed by atoms with E-state index in [9.17, 15) is 9.59 Å². The molecule has 2 aliphatic rings. The lowest BCUT2D eigenvalue weighted by molar-refractivity contribution is 0.0998. The lowest BCUT2D eigenvalue weighted by atomic mass is 9.97. The van der Waals surface area contributed by atoms with Gasteiger partial charge in [0.15, 0.2) is 5.82 Å². The number of hydrogen-bond acceptors (Lipinski definition) is 7. The van der Waals surface area contributed by atoms with E-state index in [0.29, 0.717) is 31.0 Å². The number of halogens is 1. The van der Waals surface area contributed by atoms with Crippen molar-refractivity contribution in [1.82, 2.24) is 14.9 Å². The average Bonchev–Trinajstić information content (AvgIpc) is 3.84. The van der Waals surface area contributed by atoms with Crippen LogP contribution in [0.4, 0.5) is 10.2 Å². The van der Waals surface area contributed by atoms with Crippen molar-refractivity contribution < 1.29 is 19.0 Å². The van der Waals surface area contributed by atoms with Gasteiger partial charge in [0.1, 0.15) is 18.2 Å². The van der Waals surface area contributed by atoms with E-state index in [-0.39, 0.29) is 35.2 Å². The van der Waals surface area contributed by atoms with Gasteiger partial charge in [0.2, 0.25) is 5.91 Å². The topological polar surface area (TPSA) is 132 Å². The summed E-state index contributed by atoms with van der Waals surface area (Å²) < 4.78 is 22.7. The lowest BCUT2D eigenvalue weighted by Crippen LogP contribution is -2.30. The molecule has 0 atom stereocenters. The molecule has 2 aromatic carbocycles. The van der Waals surface area contributed by atoms with Gasteiger partial charge in [-0.25, -0.2) is 9.37 Å². The van der Waals surface area contributed by atoms with Crippen molar-refractivity contribution in [2.24, 2.45) is 5.73 Å². The maximum Gasteiger partial charge on any atom is 0.297 e. The number of nitrogens with one attached hydrogen (secondary N) is 2. The number of aromatic nitrogens is 2. The first-order valence-electron chi connectivity index (χ1n) is 12.9. The van der Waals surface area contributed by atoms with E-state index in [2.05, 4.69) is 15.6 Å². The van der Waals surface area contributed by atoms with Gasteiger partial charge in [0, 0.05) is 47.7 Å². The Labute approximate surface area is 219 Å². The number of benzene rings is 2. The Kier molecular flexibility index (Phi) is 7.18. The smallest absolute Gasteiger partial charge is 0.297 e. The molecule has 200 valence electrons. The molecule has 0 radical (unpaired) electrons. The molecule has 0 bridgehead atoms. The first-order chi connectivity index (χ1) is 18.4. The zero-order chi connectivity index (χ0) is 26.9. The standard InChI is InChI=1S/C28H32FN5O4/c1-17-21(16-19(25(30)36)23(24(17)29)18-6-7-18)34-13-10-32-26(27(34)37)33-28(8-9-28)20-4-2-3-5-22(20)38-15-12-31-11-14-35/h2-5,10,13,16,18,31,35H,6-9,11-12,14-15H2,1H3,(H2,30,36)(H,32,33). The number of primary amides is 1. The molecule has 0 spiro atoms. The van der Waals surface area contributed by atoms with Gasteiger partial charge in [-0.3, -0.25) is 14.2 Å². The van der Waals surface area contributed by atoms with E-state index in [1.54, 1.807) is 6.92 Å². The first kappa shape index (κ1) is 25.9. The molecule has 1 heterocycles. The lowest BCUT2D eigenvalue weighted by Gasteiger charge is -2.22. The Morgan fingerprint density at radius 3 is 2.74 bits per heavy atom. The van der Waals surface area contributed by atoms with Crippen LogP contribution in [0.1, 0.15) is 58.6 Å². The number of para-hydroxylation sites is 1. The molecule has 2 fully saturated rings. The molecule has 1 aromatic heterocycles. The quantitative estimate of drug-likeness (QED) is 0.270. The minimum absolute atomic E-state index is 0.0147. The SMILES string of the molecule is Cc1c(-n2ccnc(NC3(c4ccccc4OCCNCCO)CC3)c2=O)cc(C(N)=O)c(C2CC2)c1F. The second-order valence-corrected chi connectivity index (χ2v) is 9.91. The predicted molar refractivity (Wildman–Crippen MR) is 141 cm³/mol. The van der Waals surface area contributed by atoms with E-state index in [1.165, 1.54) is 23.0 Å². The summed E-state index contributed by atoms with van der Waals surface area (Å²) in [6.07, 6.45) is 6.12. The summed E-state index contributed by atoms with van der Waals surface area (Å²) in [6, 6.07) is 9.18. The average molecular weight is 522 g/mol. The summed E-state index contributed by atoms with van der Waals surface area (Å²) in [6.45, 7) is 3.17. The van der Waals surface area contributed by atoms with E-state index in [0.717, 1.165) is 31.2 Å². The van der Waals surface area contributed by atoms with Crippen LogP contribution in [0.3, 0.4) is 0 Å². The largest absolute Gasteiger partial charge is 0.492 e. The van der Waals surface area contributed by atoms with Crippen LogP contribution in [0.25, 0.3) is 5.69 Å². The minimum atomic E-state index is -0.715. The molecule has 38 heavy (non-hydrogen) atoms. The van der Waals surface area contributed by atoms with E-state index >= 15 is 4.39 Å². The number of carbonyl (C=O) groups is 1. The fourth-order valence-electron chi connectivity index (χ4n) is 4.91. The third kappa shape index (κ3) is 5.01. The Balaban J connectivity index is 1.45. The van der Waals surface area contributed by atoms with Crippen LogP contribution in [0.2, 0.25) is 0 Å². The molecular weight excluding hydrogens is 489 g/mol. The number of nitrogens with zero attached hydrogens (tertiary/aromatic N) is 2. The van der Waals surface area contributed by atoms with Crippen LogP contribution >= 0.6 is 0 Å². The summed E-state index contributed by atoms with van der Waals surface area (Å²) in [5.41, 5.74) is 6.55. The predicted octanol–water partition coefficient (Wildman–Crippen LogP) is 2.72. The number of amides is 1. The highest BCUT2D eigenvalue weighted by Gasteiger charge is 2.47. The van der Waals surface area contributed by atoms with Gasteiger partial charge in [-0.15, -0.1) is 0 Å². The summed E-state index contributed by atoms with van der Waals surface area (Å²) in [7, 11) is 0. The molecule has 5 rings (SSSR count). The Hall–Kier alpha value is -3.76. The fraction of sp³-hybridized carbons (Fsp3) is 0.393. The Bertz CT molecular complexity index is 1410. The van der Waals surface area contributed by atoms with Crippen molar-refractivity contribution in [3.8, 4) is 11.4 Å². The number of hydrogen-bond donors (Lipinski definition) is 4. The third-order valence-electron chi connectivity index (χ3n) is 7.21. The number of aliphatic hydroxyl groups excluding tert-OH is 1. The maximum atomic E-state index is 15.4. The molecule has 10 heteroatoms. The van der Waals surface area contributed by atoms with Crippen molar-refractivity contribution in [3.63, 3.8) is 0 Å². The van der Waals surface area contributed by atoms with Crippen LogP contribution in [-0.2, 0) is 5.54 Å². The number of carbonyl (C=O) groups excluding carboxylic acids is 1. The van der Waals surface area contributed by atoms with Crippen molar-refractivity contribution in [3.05, 3.63) is 81.2 Å². The number of nitrogens with two attached hydrogens (primary N) is 1. The van der Waals surface area contributed by atoms with E-state index in [1.807, 2.05) is 24.3 Å². The highest BCUT2D eigenvalue weighted by molar-refractivity contribution is 5.95. The van der Waals surface area contributed by atoms with E-state index in [4.69, 9.17) is 15.6 Å². The van der Waals surface area contributed by atoms with Crippen molar-refractivity contribution in [2.45, 2.75) is 44.1 Å². The fourth-order valence-corrected chi connectivity index (χ4v) is 4.91. The Morgan fingerprint density at radius 1 is 1.29 bits per heavy atom. The van der Waals surface area contributed by atoms with Gasteiger partial charge in [0.25, 0.3) is 5.56 Å². The molecule has 0 aliphatic heterocycles. The molecule has 0 unspecified atom stereocenters. The number of aliphatic hydroxyl groups is 1. The summed E-state index contributed by atoms with van der Waals surface area (Å²) in [5.74, 6) is -0.391. The van der Waals surface area contributed by atoms with Crippen molar-refractivity contribution in [1.29, 1.82) is 0 Å². The highest BCUT2D eigenvalue weighted by atomic mass is 19.1. The molecular formula is C28H32FN5O4. The molecule has 9 nitrogen and oxygen atoms in total. The zero-order valence-electron chi connectivity index (χ0n) is 21.3. The molecule has 0 saturated heterocycles.